The summed E-state index contributed by atoms with van der Waals surface area (Å²) in [5.74, 6) is 0.368. The fourth-order valence-electron chi connectivity index (χ4n) is 6.19. The van der Waals surface area contributed by atoms with Gasteiger partial charge in [-0.25, -0.2) is 9.31 Å². The number of nitrogens with zero attached hydrogens (tertiary/aromatic N) is 5. The minimum Gasteiger partial charge on any atom is -0.496 e. The van der Waals surface area contributed by atoms with Gasteiger partial charge in [0, 0.05) is 23.6 Å². The topological polar surface area (TPSA) is 142 Å². The number of aryl methyl sites for hydroxylation is 1. The van der Waals surface area contributed by atoms with Gasteiger partial charge in [0.15, 0.2) is 5.82 Å². The molecule has 0 bridgehead atoms. The molecule has 5 aromatic rings. The van der Waals surface area contributed by atoms with Crippen LogP contribution in [0.15, 0.2) is 80.9 Å². The smallest absolute Gasteiger partial charge is 0.439 e. The van der Waals surface area contributed by atoms with Gasteiger partial charge in [0.05, 0.1) is 24.6 Å². The Kier molecular flexibility index (Phi) is 8.92. The van der Waals surface area contributed by atoms with E-state index >= 15 is 0 Å². The van der Waals surface area contributed by atoms with Gasteiger partial charge in [-0.2, -0.15) is 10.1 Å². The first-order valence-corrected chi connectivity index (χ1v) is 15.3. The van der Waals surface area contributed by atoms with Crippen molar-refractivity contribution in [3.63, 3.8) is 0 Å². The van der Waals surface area contributed by atoms with Crippen molar-refractivity contribution in [1.29, 1.82) is 0 Å². The van der Waals surface area contributed by atoms with E-state index in [1.54, 1.807) is 13.4 Å². The number of aromatic amines is 1. The van der Waals surface area contributed by atoms with E-state index in [-0.39, 0.29) is 17.7 Å². The van der Waals surface area contributed by atoms with Gasteiger partial charge in [0.25, 0.3) is 5.56 Å². The van der Waals surface area contributed by atoms with Crippen molar-refractivity contribution < 1.29 is 14.1 Å². The number of allylic oxidation sites excluding steroid dienone is 1. The molecule has 12 heteroatoms. The number of ether oxygens (including phenoxy) is 1. The Labute approximate surface area is 259 Å². The molecular weight excluding hydrogens is 574 g/mol. The molecule has 2 N–H and O–H groups in total. The summed E-state index contributed by atoms with van der Waals surface area (Å²) in [5, 5.41) is 8.43. The molecule has 0 spiro atoms. The third-order valence-corrected chi connectivity index (χ3v) is 8.29. The normalized spacial score (nSPS) is 17.1. The number of benzene rings is 2. The molecule has 1 saturated carbocycles. The first kappa shape index (κ1) is 30.1. The van der Waals surface area contributed by atoms with Gasteiger partial charge >= 0.3 is 5.76 Å². The van der Waals surface area contributed by atoms with Gasteiger partial charge in [-0.1, -0.05) is 67.0 Å². The fourth-order valence-corrected chi connectivity index (χ4v) is 6.19. The van der Waals surface area contributed by atoms with Crippen molar-refractivity contribution >= 4 is 5.78 Å². The second kappa shape index (κ2) is 13.3. The Morgan fingerprint density at radius 1 is 1.09 bits per heavy atom. The minimum atomic E-state index is -0.600. The van der Waals surface area contributed by atoms with Crippen molar-refractivity contribution in [2.45, 2.75) is 70.9 Å². The van der Waals surface area contributed by atoms with E-state index in [4.69, 9.17) is 14.1 Å². The molecule has 1 fully saturated rings. The fraction of sp³-hybridized carbons (Fsp3) is 0.364. The predicted octanol–water partition coefficient (Wildman–Crippen LogP) is 4.96. The summed E-state index contributed by atoms with van der Waals surface area (Å²) in [6.45, 7) is 3.98. The van der Waals surface area contributed by atoms with E-state index < -0.39 is 5.76 Å². The Bertz CT molecular complexity index is 1910. The summed E-state index contributed by atoms with van der Waals surface area (Å²) in [7, 11) is 1.56. The average Bonchev–Trinajstić information content (AvgIpc) is 3.72. The number of H-pyrrole nitrogens is 1. The molecule has 12 nitrogen and oxygen atoms in total. The molecule has 0 saturated heterocycles. The van der Waals surface area contributed by atoms with Crippen LogP contribution in [0.5, 0.6) is 0 Å². The van der Waals surface area contributed by atoms with Crippen LogP contribution >= 0.6 is 0 Å². The number of nitrogens with one attached hydrogen (secondary N) is 2. The number of aromatic nitrogens is 6. The maximum Gasteiger partial charge on any atom is 0.439 e. The number of fused-ring (bicyclic) bond motifs is 1. The quantitative estimate of drug-likeness (QED) is 0.157. The van der Waals surface area contributed by atoms with Gasteiger partial charge in [-0.15, -0.1) is 0 Å². The number of hydrogen-bond donors (Lipinski definition) is 2. The van der Waals surface area contributed by atoms with Gasteiger partial charge in [-0.3, -0.25) is 29.2 Å². The van der Waals surface area contributed by atoms with Crippen LogP contribution in [-0.2, 0) is 22.4 Å². The van der Waals surface area contributed by atoms with Crippen LogP contribution in [-0.4, -0.2) is 42.5 Å². The molecule has 3 heterocycles. The molecule has 0 unspecified atom stereocenters. The first-order valence-electron chi connectivity index (χ1n) is 15.3. The Balaban J connectivity index is 1.29. The Hall–Kier alpha value is -4.97. The van der Waals surface area contributed by atoms with E-state index in [2.05, 4.69) is 32.6 Å². The van der Waals surface area contributed by atoms with Crippen LogP contribution < -0.4 is 16.8 Å². The molecule has 45 heavy (non-hydrogen) atoms. The molecule has 0 amide bonds. The van der Waals surface area contributed by atoms with Gasteiger partial charge in [0.1, 0.15) is 12.6 Å². The van der Waals surface area contributed by atoms with Crippen LogP contribution in [0.3, 0.4) is 0 Å². The zero-order chi connectivity index (χ0) is 31.3. The summed E-state index contributed by atoms with van der Waals surface area (Å²) in [6.07, 6.45) is 8.61. The maximum atomic E-state index is 14.3. The summed E-state index contributed by atoms with van der Waals surface area (Å²) >= 11 is 0. The van der Waals surface area contributed by atoms with Crippen LogP contribution in [0.4, 0.5) is 0 Å². The van der Waals surface area contributed by atoms with Crippen molar-refractivity contribution in [1.82, 2.24) is 34.8 Å². The Morgan fingerprint density at radius 2 is 1.84 bits per heavy atom. The largest absolute Gasteiger partial charge is 0.496 e. The average molecular weight is 612 g/mol. The van der Waals surface area contributed by atoms with Gasteiger partial charge < -0.3 is 4.74 Å². The second-order valence-corrected chi connectivity index (χ2v) is 11.4. The van der Waals surface area contributed by atoms with Crippen LogP contribution in [0.2, 0.25) is 0 Å². The first-order chi connectivity index (χ1) is 22.0. The third kappa shape index (κ3) is 6.32. The molecular formula is C33H37N7O5. The van der Waals surface area contributed by atoms with Crippen molar-refractivity contribution in [3.05, 3.63) is 105 Å². The van der Waals surface area contributed by atoms with Gasteiger partial charge in [-0.05, 0) is 55.7 Å². The lowest BCUT2D eigenvalue weighted by molar-refractivity contribution is 0.0765. The molecule has 2 aromatic carbocycles. The summed E-state index contributed by atoms with van der Waals surface area (Å²) < 4.78 is 14.4. The molecule has 1 aliphatic carbocycles. The zero-order valence-corrected chi connectivity index (χ0v) is 25.7. The second-order valence-electron chi connectivity index (χ2n) is 11.4. The zero-order valence-electron chi connectivity index (χ0n) is 25.7. The molecule has 6 rings (SSSR count). The summed E-state index contributed by atoms with van der Waals surface area (Å²) in [6, 6.07) is 15.8. The predicted molar refractivity (Wildman–Crippen MR) is 168 cm³/mol. The van der Waals surface area contributed by atoms with E-state index in [0.29, 0.717) is 24.4 Å². The third-order valence-electron chi connectivity index (χ3n) is 8.29. The molecule has 1 aliphatic rings. The standard InChI is InChI=1S/C33H37N7O5/c1-4-7-29-28(18-22-10-12-23(13-11-22)26-8-5-6-9-27(26)30-36-33(42)45-38-30)31(41)39(32-34-20-35-40(29)32)24-14-16-25(17-15-24)44-19-21(2)37-43-3/h5-6,8-13,19-20,24-25,37H,4,7,14-18H2,1-3H3,(H,36,38,42)/b21-19+. The number of hydrogen-bond acceptors (Lipinski definition) is 9. The van der Waals surface area contributed by atoms with E-state index in [1.807, 2.05) is 64.5 Å². The molecule has 0 radical (unpaired) electrons. The van der Waals surface area contributed by atoms with E-state index in [9.17, 15) is 9.59 Å². The van der Waals surface area contributed by atoms with Crippen molar-refractivity contribution in [2.75, 3.05) is 7.11 Å². The summed E-state index contributed by atoms with van der Waals surface area (Å²) in [5.41, 5.74) is 8.83. The number of rotatable bonds is 11. The highest BCUT2D eigenvalue weighted by Crippen LogP contribution is 2.32. The SMILES string of the molecule is CCCc1c(Cc2ccc(-c3ccccc3-c3noc(=O)[nH]3)cc2)c(=O)n(C2CCC(O/C=C(\C)NOC)CC2)c2ncnn12. The highest BCUT2D eigenvalue weighted by Gasteiger charge is 2.28. The highest BCUT2D eigenvalue weighted by molar-refractivity contribution is 5.80. The lowest BCUT2D eigenvalue weighted by Gasteiger charge is -2.30. The van der Waals surface area contributed by atoms with E-state index in [1.165, 1.54) is 6.33 Å². The maximum absolute atomic E-state index is 14.3. The monoisotopic (exact) mass is 611 g/mol. The molecule has 0 atom stereocenters. The number of hydroxylamine groups is 1. The van der Waals surface area contributed by atoms with Crippen LogP contribution in [0.1, 0.15) is 68.8 Å². The molecule has 3 aromatic heterocycles. The molecule has 0 aliphatic heterocycles. The lowest BCUT2D eigenvalue weighted by atomic mass is 9.92. The van der Waals surface area contributed by atoms with Gasteiger partial charge in [0.2, 0.25) is 5.78 Å². The summed E-state index contributed by atoms with van der Waals surface area (Å²) in [4.78, 5) is 38.0. The van der Waals surface area contributed by atoms with Crippen molar-refractivity contribution in [3.8, 4) is 22.5 Å². The minimum absolute atomic E-state index is 0.00232. The highest BCUT2D eigenvalue weighted by atomic mass is 16.6. The Morgan fingerprint density at radius 3 is 2.53 bits per heavy atom. The lowest BCUT2D eigenvalue weighted by Crippen LogP contribution is -2.35. The van der Waals surface area contributed by atoms with Crippen LogP contribution in [0, 0.1) is 0 Å². The molecule has 234 valence electrons. The van der Waals surface area contributed by atoms with Crippen LogP contribution in [0.25, 0.3) is 28.3 Å². The van der Waals surface area contributed by atoms with Crippen molar-refractivity contribution in [2.24, 2.45) is 0 Å². The van der Waals surface area contributed by atoms with E-state index in [0.717, 1.165) is 71.3 Å².